The smallest absolute Gasteiger partial charge is 0.267 e. The lowest BCUT2D eigenvalue weighted by atomic mass is 10.1. The van der Waals surface area contributed by atoms with Crippen molar-refractivity contribution in [3.05, 3.63) is 64.3 Å². The molecule has 8 heteroatoms. The zero-order valence-corrected chi connectivity index (χ0v) is 17.7. The lowest BCUT2D eigenvalue weighted by molar-refractivity contribution is -0.117. The fraction of sp³-hybridized carbons (Fsp3) is 0.273. The van der Waals surface area contributed by atoms with E-state index in [2.05, 4.69) is 10.6 Å². The molecule has 2 aromatic carbocycles. The Morgan fingerprint density at radius 2 is 1.70 bits per heavy atom. The molecule has 0 atom stereocenters. The fourth-order valence-electron chi connectivity index (χ4n) is 2.54. The van der Waals surface area contributed by atoms with Crippen LogP contribution in [-0.4, -0.2) is 43.3 Å². The molecule has 0 aromatic heterocycles. The van der Waals surface area contributed by atoms with Gasteiger partial charge in [0.1, 0.15) is 5.70 Å². The van der Waals surface area contributed by atoms with E-state index in [1.807, 2.05) is 13.8 Å². The van der Waals surface area contributed by atoms with E-state index in [-0.39, 0.29) is 18.8 Å². The number of hydrogen-bond donors (Lipinski definition) is 3. The van der Waals surface area contributed by atoms with Gasteiger partial charge in [-0.2, -0.15) is 0 Å². The summed E-state index contributed by atoms with van der Waals surface area (Å²) >= 11 is 5.86. The van der Waals surface area contributed by atoms with Crippen LogP contribution in [0.15, 0.2) is 48.2 Å². The van der Waals surface area contributed by atoms with Gasteiger partial charge >= 0.3 is 0 Å². The van der Waals surface area contributed by atoms with Gasteiger partial charge < -0.3 is 25.2 Å². The number of benzene rings is 2. The summed E-state index contributed by atoms with van der Waals surface area (Å²) < 4.78 is 11.2. The molecule has 30 heavy (non-hydrogen) atoms. The van der Waals surface area contributed by atoms with Crippen molar-refractivity contribution in [1.82, 2.24) is 10.6 Å². The topological polar surface area (TPSA) is 96.9 Å². The molecule has 0 bridgehead atoms. The predicted octanol–water partition coefficient (Wildman–Crippen LogP) is 3.02. The molecule has 2 amide bonds. The van der Waals surface area contributed by atoms with Crippen molar-refractivity contribution in [3.63, 3.8) is 0 Å². The number of halogens is 1. The van der Waals surface area contributed by atoms with Crippen molar-refractivity contribution in [3.8, 4) is 11.5 Å². The van der Waals surface area contributed by atoms with Crippen molar-refractivity contribution in [2.75, 3.05) is 26.4 Å². The first-order valence-corrected chi connectivity index (χ1v) is 9.93. The third-order valence-corrected chi connectivity index (χ3v) is 4.13. The maximum absolute atomic E-state index is 12.6. The van der Waals surface area contributed by atoms with Crippen LogP contribution in [0, 0.1) is 0 Å². The Labute approximate surface area is 180 Å². The Balaban J connectivity index is 2.34. The first-order valence-electron chi connectivity index (χ1n) is 9.55. The maximum Gasteiger partial charge on any atom is 0.267 e. The number of hydrogen-bond acceptors (Lipinski definition) is 5. The Morgan fingerprint density at radius 1 is 1.03 bits per heavy atom. The highest BCUT2D eigenvalue weighted by Crippen LogP contribution is 2.29. The van der Waals surface area contributed by atoms with Gasteiger partial charge in [-0.1, -0.05) is 17.7 Å². The average molecular weight is 433 g/mol. The average Bonchev–Trinajstić information content (AvgIpc) is 2.74. The first kappa shape index (κ1) is 23.3. The van der Waals surface area contributed by atoms with Crippen LogP contribution in [0.5, 0.6) is 11.5 Å². The summed E-state index contributed by atoms with van der Waals surface area (Å²) in [6, 6.07) is 11.5. The molecule has 0 saturated heterocycles. The van der Waals surface area contributed by atoms with Crippen LogP contribution in [0.25, 0.3) is 6.08 Å². The summed E-state index contributed by atoms with van der Waals surface area (Å²) in [5.74, 6) is 0.131. The molecule has 0 aliphatic rings. The van der Waals surface area contributed by atoms with E-state index in [4.69, 9.17) is 26.2 Å². The summed E-state index contributed by atoms with van der Waals surface area (Å²) in [4.78, 5) is 25.1. The maximum atomic E-state index is 12.6. The number of amides is 2. The van der Waals surface area contributed by atoms with E-state index in [0.29, 0.717) is 40.9 Å². The molecule has 3 N–H and O–H groups in total. The SMILES string of the molecule is CCOc1ccc(C=C(NC(=O)c2ccc(Cl)cc2)C(=O)NCCO)cc1OCC. The van der Waals surface area contributed by atoms with Crippen LogP contribution < -0.4 is 20.1 Å². The molecule has 0 radical (unpaired) electrons. The number of carbonyl (C=O) groups is 2. The Hall–Kier alpha value is -3.03. The zero-order chi connectivity index (χ0) is 21.9. The first-order chi connectivity index (χ1) is 14.5. The van der Waals surface area contributed by atoms with Crippen LogP contribution in [-0.2, 0) is 4.79 Å². The molecular formula is C22H25ClN2O5. The van der Waals surface area contributed by atoms with Crippen molar-refractivity contribution < 1.29 is 24.2 Å². The van der Waals surface area contributed by atoms with Crippen molar-refractivity contribution in [2.45, 2.75) is 13.8 Å². The van der Waals surface area contributed by atoms with Crippen LogP contribution >= 0.6 is 11.6 Å². The monoisotopic (exact) mass is 432 g/mol. The summed E-state index contributed by atoms with van der Waals surface area (Å²) in [6.45, 7) is 4.51. The van der Waals surface area contributed by atoms with Gasteiger partial charge in [-0.15, -0.1) is 0 Å². The van der Waals surface area contributed by atoms with Gasteiger partial charge in [-0.05, 0) is 61.9 Å². The second-order valence-electron chi connectivity index (χ2n) is 6.07. The summed E-state index contributed by atoms with van der Waals surface area (Å²) in [6.07, 6.45) is 1.53. The molecule has 0 heterocycles. The number of carbonyl (C=O) groups excluding carboxylic acids is 2. The molecule has 0 aliphatic heterocycles. The van der Waals surface area contributed by atoms with Crippen LogP contribution in [0.1, 0.15) is 29.8 Å². The van der Waals surface area contributed by atoms with E-state index in [1.165, 1.54) is 6.08 Å². The summed E-state index contributed by atoms with van der Waals surface area (Å²) in [5.41, 5.74) is 1.00. The van der Waals surface area contributed by atoms with Gasteiger partial charge in [0.2, 0.25) is 0 Å². The van der Waals surface area contributed by atoms with Gasteiger partial charge in [0.15, 0.2) is 11.5 Å². The molecule has 160 valence electrons. The molecule has 2 rings (SSSR count). The highest BCUT2D eigenvalue weighted by atomic mass is 35.5. The number of nitrogens with one attached hydrogen (secondary N) is 2. The van der Waals surface area contributed by atoms with Crippen LogP contribution in [0.4, 0.5) is 0 Å². The molecule has 0 fully saturated rings. The third-order valence-electron chi connectivity index (χ3n) is 3.88. The minimum atomic E-state index is -0.529. The van der Waals surface area contributed by atoms with Gasteiger partial charge in [0.25, 0.3) is 11.8 Å². The van der Waals surface area contributed by atoms with Crippen LogP contribution in [0.3, 0.4) is 0 Å². The fourth-order valence-corrected chi connectivity index (χ4v) is 2.67. The number of aliphatic hydroxyl groups is 1. The normalized spacial score (nSPS) is 11.0. The number of rotatable bonds is 10. The lowest BCUT2D eigenvalue weighted by Crippen LogP contribution is -2.36. The highest BCUT2D eigenvalue weighted by Gasteiger charge is 2.15. The molecule has 0 spiro atoms. The predicted molar refractivity (Wildman–Crippen MR) is 116 cm³/mol. The summed E-state index contributed by atoms with van der Waals surface area (Å²) in [7, 11) is 0. The van der Waals surface area contributed by atoms with Gasteiger partial charge in [0, 0.05) is 17.1 Å². The molecule has 2 aromatic rings. The highest BCUT2D eigenvalue weighted by molar-refractivity contribution is 6.30. The van der Waals surface area contributed by atoms with Gasteiger partial charge in [0.05, 0.1) is 19.8 Å². The lowest BCUT2D eigenvalue weighted by Gasteiger charge is -2.13. The molecule has 0 saturated carbocycles. The quantitative estimate of drug-likeness (QED) is 0.501. The Kier molecular flexibility index (Phi) is 9.18. The zero-order valence-electron chi connectivity index (χ0n) is 16.9. The van der Waals surface area contributed by atoms with E-state index < -0.39 is 11.8 Å². The standard InChI is InChI=1S/C22H25ClN2O5/c1-3-29-19-10-5-15(14-20(19)30-4-2)13-18(22(28)24-11-12-26)25-21(27)16-6-8-17(23)9-7-16/h5-10,13-14,26H,3-4,11-12H2,1-2H3,(H,24,28)(H,25,27). The largest absolute Gasteiger partial charge is 0.490 e. The van der Waals surface area contributed by atoms with Crippen LogP contribution in [0.2, 0.25) is 5.02 Å². The Bertz CT molecular complexity index is 897. The molecular weight excluding hydrogens is 408 g/mol. The van der Waals surface area contributed by atoms with Crippen molar-refractivity contribution >= 4 is 29.5 Å². The minimum Gasteiger partial charge on any atom is -0.490 e. The van der Waals surface area contributed by atoms with Crippen molar-refractivity contribution in [1.29, 1.82) is 0 Å². The summed E-state index contributed by atoms with van der Waals surface area (Å²) in [5, 5.41) is 14.6. The molecule has 0 aliphatic carbocycles. The van der Waals surface area contributed by atoms with E-state index >= 15 is 0 Å². The van der Waals surface area contributed by atoms with Gasteiger partial charge in [-0.3, -0.25) is 9.59 Å². The number of ether oxygens (including phenoxy) is 2. The second-order valence-corrected chi connectivity index (χ2v) is 6.51. The molecule has 0 unspecified atom stereocenters. The third kappa shape index (κ3) is 6.79. The Morgan fingerprint density at radius 3 is 2.33 bits per heavy atom. The molecule has 7 nitrogen and oxygen atoms in total. The van der Waals surface area contributed by atoms with E-state index in [0.717, 1.165) is 0 Å². The minimum absolute atomic E-state index is 0.0232. The van der Waals surface area contributed by atoms with E-state index in [9.17, 15) is 9.59 Å². The van der Waals surface area contributed by atoms with Gasteiger partial charge in [-0.25, -0.2) is 0 Å². The van der Waals surface area contributed by atoms with Crippen molar-refractivity contribution in [2.24, 2.45) is 0 Å². The second kappa shape index (κ2) is 11.8. The number of aliphatic hydroxyl groups excluding tert-OH is 1. The van der Waals surface area contributed by atoms with E-state index in [1.54, 1.807) is 42.5 Å².